The number of hydrogen-bond acceptors (Lipinski definition) is 0. The molecule has 0 N–H and O–H groups in total. The highest BCUT2D eigenvalue weighted by molar-refractivity contribution is 5.28. The summed E-state index contributed by atoms with van der Waals surface area (Å²) < 4.78 is 61.8. The normalized spacial score (nSPS) is 11.9. The lowest BCUT2D eigenvalue weighted by atomic mass is 10.1. The molecule has 0 spiro atoms. The van der Waals surface area contributed by atoms with Crippen LogP contribution >= 0.6 is 0 Å². The second kappa shape index (κ2) is 3.55. The summed E-state index contributed by atoms with van der Waals surface area (Å²) in [5.74, 6) is -3.20. The zero-order chi connectivity index (χ0) is 10.9. The average molecular weight is 209 g/mol. The van der Waals surface area contributed by atoms with E-state index in [2.05, 4.69) is 6.92 Å². The molecule has 1 rings (SSSR count). The Balaban J connectivity index is 3.33. The van der Waals surface area contributed by atoms with Gasteiger partial charge in [-0.05, 0) is 31.0 Å². The number of hydrogen-bond donors (Lipinski definition) is 0. The molecule has 1 radical (unpaired) electrons. The molecule has 0 fully saturated rings. The third kappa shape index (κ3) is 2.02. The van der Waals surface area contributed by atoms with Gasteiger partial charge in [-0.3, -0.25) is 0 Å². The van der Waals surface area contributed by atoms with Crippen LogP contribution in [0.25, 0.3) is 0 Å². The van der Waals surface area contributed by atoms with Gasteiger partial charge in [0.1, 0.15) is 17.2 Å². The summed E-state index contributed by atoms with van der Waals surface area (Å²) in [5.41, 5.74) is -1.76. The maximum absolute atomic E-state index is 12.8. The molecule has 0 saturated heterocycles. The first-order chi connectivity index (χ1) is 6.36. The molecule has 0 heterocycles. The molecule has 0 aliphatic heterocycles. The molecule has 0 nitrogen and oxygen atoms in total. The van der Waals surface area contributed by atoms with Gasteiger partial charge in [0, 0.05) is 0 Å². The van der Waals surface area contributed by atoms with Gasteiger partial charge in [0.25, 0.3) is 0 Å². The summed E-state index contributed by atoms with van der Waals surface area (Å²) >= 11 is 0. The van der Waals surface area contributed by atoms with Crippen molar-refractivity contribution in [2.75, 3.05) is 0 Å². The summed E-state index contributed by atoms with van der Waals surface area (Å²) in [5, 5.41) is 0. The van der Waals surface area contributed by atoms with Crippen molar-refractivity contribution < 1.29 is 22.0 Å². The molecule has 0 aliphatic carbocycles. The van der Waals surface area contributed by atoms with Gasteiger partial charge < -0.3 is 0 Å². The van der Waals surface area contributed by atoms with E-state index in [1.165, 1.54) is 0 Å². The maximum Gasteiger partial charge on any atom is 0.422 e. The summed E-state index contributed by atoms with van der Waals surface area (Å²) in [6.07, 6.45) is -4.97. The quantitative estimate of drug-likeness (QED) is 0.622. The van der Waals surface area contributed by atoms with Crippen LogP contribution < -0.4 is 0 Å². The first-order valence-electron chi connectivity index (χ1n) is 3.70. The Hall–Kier alpha value is -1.13. The van der Waals surface area contributed by atoms with Gasteiger partial charge in [-0.1, -0.05) is 0 Å². The van der Waals surface area contributed by atoms with Crippen molar-refractivity contribution in [1.29, 1.82) is 0 Å². The zero-order valence-corrected chi connectivity index (χ0v) is 6.96. The van der Waals surface area contributed by atoms with Crippen LogP contribution in [0.4, 0.5) is 22.0 Å². The predicted molar refractivity (Wildman–Crippen MR) is 40.4 cm³/mol. The van der Waals surface area contributed by atoms with Gasteiger partial charge in [-0.15, -0.1) is 0 Å². The molecule has 0 saturated carbocycles. The van der Waals surface area contributed by atoms with Crippen LogP contribution in [0, 0.1) is 18.6 Å². The van der Waals surface area contributed by atoms with Crippen LogP contribution in [0.3, 0.4) is 0 Å². The van der Waals surface area contributed by atoms with Crippen molar-refractivity contribution in [2.24, 2.45) is 0 Å². The molecule has 0 atom stereocenters. The first-order valence-corrected chi connectivity index (χ1v) is 3.70. The van der Waals surface area contributed by atoms with Gasteiger partial charge in [0.15, 0.2) is 0 Å². The standard InChI is InChI=1S/C9H6F5/c1-2-5-3-6(10)8(7(11)4-5)9(12,13)14/h3-4H,1-2H2. The van der Waals surface area contributed by atoms with E-state index in [1.54, 1.807) is 0 Å². The Morgan fingerprint density at radius 3 is 1.79 bits per heavy atom. The van der Waals surface area contributed by atoms with E-state index in [-0.39, 0.29) is 12.0 Å². The van der Waals surface area contributed by atoms with Crippen LogP contribution in [-0.4, -0.2) is 0 Å². The Morgan fingerprint density at radius 1 is 1.07 bits per heavy atom. The van der Waals surface area contributed by atoms with Crippen LogP contribution in [0.5, 0.6) is 0 Å². The third-order valence-electron chi connectivity index (χ3n) is 1.67. The van der Waals surface area contributed by atoms with Crippen LogP contribution in [0.2, 0.25) is 0 Å². The minimum atomic E-state index is -5.01. The molecular formula is C9H6F5. The van der Waals surface area contributed by atoms with Gasteiger partial charge >= 0.3 is 6.18 Å². The Bertz CT molecular complexity index is 317. The number of alkyl halides is 3. The van der Waals surface area contributed by atoms with Gasteiger partial charge in [-0.25, -0.2) is 8.78 Å². The van der Waals surface area contributed by atoms with Crippen LogP contribution in [0.15, 0.2) is 12.1 Å². The van der Waals surface area contributed by atoms with E-state index in [9.17, 15) is 22.0 Å². The lowest BCUT2D eigenvalue weighted by Crippen LogP contribution is -2.11. The molecule has 0 amide bonds. The monoisotopic (exact) mass is 209 g/mol. The Labute approximate surface area is 77.4 Å². The van der Waals surface area contributed by atoms with Gasteiger partial charge in [0.2, 0.25) is 0 Å². The second-order valence-electron chi connectivity index (χ2n) is 2.68. The van der Waals surface area contributed by atoms with Gasteiger partial charge in [0.05, 0.1) is 0 Å². The number of halogens is 5. The number of benzene rings is 1. The second-order valence-corrected chi connectivity index (χ2v) is 2.68. The van der Waals surface area contributed by atoms with Crippen molar-refractivity contribution in [2.45, 2.75) is 12.6 Å². The molecule has 14 heavy (non-hydrogen) atoms. The fourth-order valence-electron chi connectivity index (χ4n) is 1.04. The smallest absolute Gasteiger partial charge is 0.206 e. The van der Waals surface area contributed by atoms with Crippen molar-refractivity contribution in [3.8, 4) is 0 Å². The minimum Gasteiger partial charge on any atom is -0.206 e. The van der Waals surface area contributed by atoms with Crippen molar-refractivity contribution >= 4 is 0 Å². The Morgan fingerprint density at radius 2 is 1.50 bits per heavy atom. The minimum absolute atomic E-state index is 0.0337. The molecule has 77 valence electrons. The molecule has 0 aliphatic rings. The summed E-state index contributed by atoms with van der Waals surface area (Å²) in [4.78, 5) is 0. The highest BCUT2D eigenvalue weighted by Crippen LogP contribution is 2.33. The summed E-state index contributed by atoms with van der Waals surface area (Å²) in [6, 6.07) is 1.28. The zero-order valence-electron chi connectivity index (χ0n) is 6.96. The lowest BCUT2D eigenvalue weighted by molar-refractivity contribution is -0.142. The molecule has 0 aromatic heterocycles. The fraction of sp³-hybridized carbons (Fsp3) is 0.222. The van der Waals surface area contributed by atoms with E-state index in [1.807, 2.05) is 0 Å². The van der Waals surface area contributed by atoms with Crippen molar-refractivity contribution in [1.82, 2.24) is 0 Å². The van der Waals surface area contributed by atoms with Crippen molar-refractivity contribution in [3.05, 3.63) is 41.8 Å². The lowest BCUT2D eigenvalue weighted by Gasteiger charge is -2.10. The summed E-state index contributed by atoms with van der Waals surface area (Å²) in [6.45, 7) is 3.32. The largest absolute Gasteiger partial charge is 0.422 e. The Kier molecular flexibility index (Phi) is 2.78. The molecule has 5 heteroatoms. The van der Waals surface area contributed by atoms with Crippen molar-refractivity contribution in [3.63, 3.8) is 0 Å². The molecule has 0 unspecified atom stereocenters. The summed E-state index contributed by atoms with van der Waals surface area (Å²) in [7, 11) is 0. The fourth-order valence-corrected chi connectivity index (χ4v) is 1.04. The first kappa shape index (κ1) is 10.9. The molecule has 1 aromatic rings. The highest BCUT2D eigenvalue weighted by atomic mass is 19.4. The van der Waals surface area contributed by atoms with Crippen LogP contribution in [-0.2, 0) is 12.6 Å². The van der Waals surface area contributed by atoms with E-state index < -0.39 is 23.4 Å². The van der Waals surface area contributed by atoms with Crippen LogP contribution in [0.1, 0.15) is 11.1 Å². The third-order valence-corrected chi connectivity index (χ3v) is 1.67. The van der Waals surface area contributed by atoms with E-state index in [4.69, 9.17) is 0 Å². The average Bonchev–Trinajstić information content (AvgIpc) is 1.99. The number of rotatable bonds is 1. The molecule has 1 aromatic carbocycles. The van der Waals surface area contributed by atoms with E-state index in [0.717, 1.165) is 0 Å². The van der Waals surface area contributed by atoms with Gasteiger partial charge in [-0.2, -0.15) is 13.2 Å². The highest BCUT2D eigenvalue weighted by Gasteiger charge is 2.37. The molecular weight excluding hydrogens is 203 g/mol. The predicted octanol–water partition coefficient (Wildman–Crippen LogP) is 3.36. The topological polar surface area (TPSA) is 0 Å². The van der Waals surface area contributed by atoms with E-state index >= 15 is 0 Å². The SMILES string of the molecule is [CH2]Cc1cc(F)c(C(F)(F)F)c(F)c1. The van der Waals surface area contributed by atoms with E-state index in [0.29, 0.717) is 12.1 Å². The molecule has 0 bridgehead atoms. The maximum atomic E-state index is 12.8.